The lowest BCUT2D eigenvalue weighted by molar-refractivity contribution is 0.102. The largest absolute Gasteiger partial charge is 0.344 e. The first-order valence-corrected chi connectivity index (χ1v) is 10.2. The molecule has 0 atom stereocenters. The number of carbonyl (C=O) groups excluding carboxylic acids is 1. The number of nitrogens with one attached hydrogen (secondary N) is 1. The van der Waals surface area contributed by atoms with Gasteiger partial charge in [0.05, 0.1) is 5.69 Å². The number of pyridine rings is 1. The van der Waals surface area contributed by atoms with Crippen molar-refractivity contribution in [3.8, 4) is 11.3 Å². The summed E-state index contributed by atoms with van der Waals surface area (Å²) in [6.07, 6.45) is 3.21. The first-order valence-electron chi connectivity index (χ1n) is 10.2. The van der Waals surface area contributed by atoms with Crippen molar-refractivity contribution in [3.05, 3.63) is 87.7 Å². The highest BCUT2D eigenvalue weighted by Crippen LogP contribution is 2.26. The predicted molar refractivity (Wildman–Crippen MR) is 120 cm³/mol. The number of carbonyl (C=O) groups is 1. The Bertz CT molecular complexity index is 1050. The maximum atomic E-state index is 13.2. The molecule has 0 radical (unpaired) electrons. The summed E-state index contributed by atoms with van der Waals surface area (Å²) in [6, 6.07) is 18.8. The predicted octanol–water partition coefficient (Wildman–Crippen LogP) is 5.57. The molecule has 1 heterocycles. The third kappa shape index (κ3) is 4.83. The third-order valence-corrected chi connectivity index (χ3v) is 5.05. The molecule has 3 rings (SSSR count). The number of unbranched alkanes of at least 4 members (excludes halogenated alkanes) is 2. The fourth-order valence-corrected chi connectivity index (χ4v) is 3.60. The molecular formula is C25H28N2O2. The molecule has 0 aliphatic carbocycles. The lowest BCUT2D eigenvalue weighted by Crippen LogP contribution is -2.26. The van der Waals surface area contributed by atoms with Crippen LogP contribution in [-0.4, -0.2) is 10.5 Å². The van der Waals surface area contributed by atoms with E-state index in [-0.39, 0.29) is 16.9 Å². The van der Waals surface area contributed by atoms with Gasteiger partial charge in [-0.15, -0.1) is 0 Å². The Morgan fingerprint density at radius 2 is 1.72 bits per heavy atom. The van der Waals surface area contributed by atoms with E-state index in [0.29, 0.717) is 11.4 Å². The minimum atomic E-state index is -0.373. The van der Waals surface area contributed by atoms with E-state index in [9.17, 15) is 9.59 Å². The zero-order valence-corrected chi connectivity index (χ0v) is 17.4. The molecule has 0 saturated carbocycles. The van der Waals surface area contributed by atoms with Gasteiger partial charge >= 0.3 is 0 Å². The van der Waals surface area contributed by atoms with Crippen molar-refractivity contribution in [2.75, 3.05) is 5.32 Å². The average Bonchev–Trinajstić information content (AvgIpc) is 2.70. The number of aromatic nitrogens is 1. The van der Waals surface area contributed by atoms with Gasteiger partial charge in [0.2, 0.25) is 0 Å². The molecule has 0 aliphatic rings. The van der Waals surface area contributed by atoms with Crippen molar-refractivity contribution in [1.82, 2.24) is 4.57 Å². The lowest BCUT2D eigenvalue weighted by atomic mass is 10.0. The summed E-state index contributed by atoms with van der Waals surface area (Å²) < 4.78 is 2.12. The second-order valence-corrected chi connectivity index (χ2v) is 7.42. The standard InChI is InChI=1S/C25H28N2O2/c1-4-5-9-15-27-19(3)17-22(28)23(24(27)20-12-10-11-18(2)16-20)25(29)26-21-13-7-6-8-14-21/h6-8,10-14,16-17H,4-5,9,15H2,1-3H3,(H,26,29). The topological polar surface area (TPSA) is 51.1 Å². The Morgan fingerprint density at radius 3 is 2.41 bits per heavy atom. The minimum absolute atomic E-state index is 0.196. The van der Waals surface area contributed by atoms with Crippen LogP contribution in [0.5, 0.6) is 0 Å². The Balaban J connectivity index is 2.16. The van der Waals surface area contributed by atoms with Crippen LogP contribution in [0.15, 0.2) is 65.5 Å². The Labute approximate surface area is 172 Å². The normalized spacial score (nSPS) is 10.7. The second kappa shape index (κ2) is 9.37. The van der Waals surface area contributed by atoms with Crippen molar-refractivity contribution >= 4 is 11.6 Å². The van der Waals surface area contributed by atoms with Gasteiger partial charge in [-0.05, 0) is 44.0 Å². The van der Waals surface area contributed by atoms with Gasteiger partial charge in [0, 0.05) is 24.0 Å². The molecule has 0 spiro atoms. The van der Waals surface area contributed by atoms with Crippen LogP contribution in [-0.2, 0) is 6.54 Å². The molecule has 0 bridgehead atoms. The zero-order chi connectivity index (χ0) is 20.8. The summed E-state index contributed by atoms with van der Waals surface area (Å²) in [4.78, 5) is 26.1. The fraction of sp³-hybridized carbons (Fsp3) is 0.280. The van der Waals surface area contributed by atoms with E-state index in [4.69, 9.17) is 0 Å². The van der Waals surface area contributed by atoms with E-state index < -0.39 is 0 Å². The lowest BCUT2D eigenvalue weighted by Gasteiger charge is -2.20. The molecule has 0 aliphatic heterocycles. The number of hydrogen-bond acceptors (Lipinski definition) is 2. The summed E-state index contributed by atoms with van der Waals surface area (Å²) in [5.41, 5.74) is 4.17. The van der Waals surface area contributed by atoms with Gasteiger partial charge in [-0.2, -0.15) is 0 Å². The van der Waals surface area contributed by atoms with E-state index in [1.807, 2.05) is 68.4 Å². The Hall–Kier alpha value is -3.14. The highest BCUT2D eigenvalue weighted by atomic mass is 16.2. The summed E-state index contributed by atoms with van der Waals surface area (Å²) in [5.74, 6) is -0.373. The molecule has 4 nitrogen and oxygen atoms in total. The molecule has 0 fully saturated rings. The number of aryl methyl sites for hydroxylation is 2. The highest BCUT2D eigenvalue weighted by molar-refractivity contribution is 6.08. The van der Waals surface area contributed by atoms with Crippen LogP contribution in [0.3, 0.4) is 0 Å². The van der Waals surface area contributed by atoms with E-state index in [0.717, 1.165) is 42.6 Å². The van der Waals surface area contributed by atoms with Crippen molar-refractivity contribution in [2.24, 2.45) is 0 Å². The van der Waals surface area contributed by atoms with Crippen molar-refractivity contribution in [3.63, 3.8) is 0 Å². The van der Waals surface area contributed by atoms with Gasteiger partial charge in [0.15, 0.2) is 5.43 Å². The Morgan fingerprint density at radius 1 is 0.966 bits per heavy atom. The number of benzene rings is 2. The monoisotopic (exact) mass is 388 g/mol. The minimum Gasteiger partial charge on any atom is -0.344 e. The van der Waals surface area contributed by atoms with Gasteiger partial charge in [0.25, 0.3) is 5.91 Å². The van der Waals surface area contributed by atoms with Gasteiger partial charge in [0.1, 0.15) is 5.56 Å². The molecular weight excluding hydrogens is 360 g/mol. The molecule has 29 heavy (non-hydrogen) atoms. The number of para-hydroxylation sites is 1. The van der Waals surface area contributed by atoms with Crippen LogP contribution in [0.2, 0.25) is 0 Å². The van der Waals surface area contributed by atoms with E-state index in [1.54, 1.807) is 6.07 Å². The van der Waals surface area contributed by atoms with Gasteiger partial charge in [-0.3, -0.25) is 9.59 Å². The Kier molecular flexibility index (Phi) is 6.65. The fourth-order valence-electron chi connectivity index (χ4n) is 3.60. The maximum Gasteiger partial charge on any atom is 0.261 e. The number of rotatable bonds is 7. The molecule has 1 amide bonds. The zero-order valence-electron chi connectivity index (χ0n) is 17.4. The number of hydrogen-bond donors (Lipinski definition) is 1. The van der Waals surface area contributed by atoms with Crippen LogP contribution in [0.4, 0.5) is 5.69 Å². The summed E-state index contributed by atoms with van der Waals surface area (Å²) >= 11 is 0. The molecule has 1 N–H and O–H groups in total. The SMILES string of the molecule is CCCCCn1c(C)cc(=O)c(C(=O)Nc2ccccc2)c1-c1cccc(C)c1. The molecule has 150 valence electrons. The highest BCUT2D eigenvalue weighted by Gasteiger charge is 2.22. The average molecular weight is 389 g/mol. The first-order chi connectivity index (χ1) is 14.0. The van der Waals surface area contributed by atoms with Crippen LogP contribution in [0.1, 0.15) is 47.8 Å². The summed E-state index contributed by atoms with van der Waals surface area (Å²) in [5, 5.41) is 2.89. The van der Waals surface area contributed by atoms with Gasteiger partial charge < -0.3 is 9.88 Å². The molecule has 0 saturated heterocycles. The molecule has 1 aromatic heterocycles. The number of amides is 1. The molecule has 2 aromatic carbocycles. The van der Waals surface area contributed by atoms with E-state index >= 15 is 0 Å². The van der Waals surface area contributed by atoms with Crippen LogP contribution >= 0.6 is 0 Å². The molecule has 4 heteroatoms. The maximum absolute atomic E-state index is 13.2. The van der Waals surface area contributed by atoms with Crippen molar-refractivity contribution in [1.29, 1.82) is 0 Å². The summed E-state index contributed by atoms with van der Waals surface area (Å²) in [7, 11) is 0. The molecule has 0 unspecified atom stereocenters. The van der Waals surface area contributed by atoms with E-state index in [1.165, 1.54) is 0 Å². The third-order valence-electron chi connectivity index (χ3n) is 5.05. The smallest absolute Gasteiger partial charge is 0.261 e. The van der Waals surface area contributed by atoms with Gasteiger partial charge in [-0.1, -0.05) is 61.7 Å². The second-order valence-electron chi connectivity index (χ2n) is 7.42. The van der Waals surface area contributed by atoms with Crippen LogP contribution in [0.25, 0.3) is 11.3 Å². The van der Waals surface area contributed by atoms with Crippen molar-refractivity contribution in [2.45, 2.75) is 46.6 Å². The summed E-state index contributed by atoms with van der Waals surface area (Å²) in [6.45, 7) is 6.89. The van der Waals surface area contributed by atoms with Gasteiger partial charge in [-0.25, -0.2) is 0 Å². The first kappa shape index (κ1) is 20.6. The van der Waals surface area contributed by atoms with Crippen molar-refractivity contribution < 1.29 is 4.79 Å². The molecule has 3 aromatic rings. The quantitative estimate of drug-likeness (QED) is 0.538. The van der Waals surface area contributed by atoms with Crippen LogP contribution < -0.4 is 10.7 Å². The number of nitrogens with zero attached hydrogens (tertiary/aromatic N) is 1. The van der Waals surface area contributed by atoms with Crippen LogP contribution in [0, 0.1) is 13.8 Å². The van der Waals surface area contributed by atoms with E-state index in [2.05, 4.69) is 16.8 Å². The number of anilines is 1.